The van der Waals surface area contributed by atoms with Gasteiger partial charge in [0.05, 0.1) is 11.7 Å². The molecule has 32 heavy (non-hydrogen) atoms. The largest absolute Gasteiger partial charge is 0.459 e. The van der Waals surface area contributed by atoms with Crippen LogP contribution >= 0.6 is 23.8 Å². The van der Waals surface area contributed by atoms with Crippen LogP contribution < -0.4 is 10.2 Å². The van der Waals surface area contributed by atoms with Gasteiger partial charge >= 0.3 is 0 Å². The van der Waals surface area contributed by atoms with Gasteiger partial charge in [0, 0.05) is 22.5 Å². The number of pyridine rings is 1. The molecule has 0 aliphatic carbocycles. The highest BCUT2D eigenvalue weighted by Crippen LogP contribution is 2.43. The third kappa shape index (κ3) is 3.68. The molecule has 0 saturated carbocycles. The van der Waals surface area contributed by atoms with Gasteiger partial charge in [-0.3, -0.25) is 4.98 Å². The van der Waals surface area contributed by atoms with Crippen molar-refractivity contribution in [1.29, 1.82) is 0 Å². The van der Waals surface area contributed by atoms with E-state index >= 15 is 0 Å². The molecule has 0 radical (unpaired) electrons. The van der Waals surface area contributed by atoms with Gasteiger partial charge in [-0.1, -0.05) is 47.5 Å². The van der Waals surface area contributed by atoms with Crippen LogP contribution in [0.25, 0.3) is 11.3 Å². The summed E-state index contributed by atoms with van der Waals surface area (Å²) in [5.74, 6) is 1.59. The predicted octanol–water partition coefficient (Wildman–Crippen LogP) is 6.79. The average molecular weight is 460 g/mol. The highest BCUT2D eigenvalue weighted by atomic mass is 35.5. The third-order valence-electron chi connectivity index (χ3n) is 5.86. The number of thiocarbonyl (C=S) groups is 1. The molecule has 2 aromatic heterocycles. The molecule has 4 nitrogen and oxygen atoms in total. The van der Waals surface area contributed by atoms with Gasteiger partial charge in [0.2, 0.25) is 0 Å². The molecule has 0 bridgehead atoms. The predicted molar refractivity (Wildman–Crippen MR) is 133 cm³/mol. The number of hydrogen-bond donors (Lipinski definition) is 1. The smallest absolute Gasteiger partial charge is 0.174 e. The summed E-state index contributed by atoms with van der Waals surface area (Å²) in [5.41, 5.74) is 5.08. The second kappa shape index (κ2) is 8.41. The van der Waals surface area contributed by atoms with Crippen molar-refractivity contribution in [2.24, 2.45) is 0 Å². The normalized spacial score (nSPS) is 18.1. The number of halogens is 1. The highest BCUT2D eigenvalue weighted by molar-refractivity contribution is 7.80. The maximum Gasteiger partial charge on any atom is 0.174 e. The molecule has 160 valence electrons. The molecule has 0 amide bonds. The molecule has 1 aliphatic heterocycles. The molecule has 4 aromatic rings. The van der Waals surface area contributed by atoms with E-state index in [0.29, 0.717) is 5.11 Å². The molecular weight excluding hydrogens is 438 g/mol. The molecule has 1 aliphatic rings. The van der Waals surface area contributed by atoms with Crippen molar-refractivity contribution in [2.45, 2.75) is 25.9 Å². The molecule has 0 spiro atoms. The molecule has 1 fully saturated rings. The van der Waals surface area contributed by atoms with Crippen molar-refractivity contribution in [3.63, 3.8) is 0 Å². The Hall–Kier alpha value is -3.15. The lowest BCUT2D eigenvalue weighted by Gasteiger charge is -2.26. The Morgan fingerprint density at radius 3 is 2.53 bits per heavy atom. The molecule has 2 aromatic carbocycles. The molecule has 5 rings (SSSR count). The summed E-state index contributed by atoms with van der Waals surface area (Å²) >= 11 is 12.1. The number of benzene rings is 2. The Morgan fingerprint density at radius 2 is 1.78 bits per heavy atom. The lowest BCUT2D eigenvalue weighted by molar-refractivity contribution is 0.439. The van der Waals surface area contributed by atoms with E-state index in [0.717, 1.165) is 39.1 Å². The Morgan fingerprint density at radius 1 is 0.969 bits per heavy atom. The number of aromatic nitrogens is 1. The summed E-state index contributed by atoms with van der Waals surface area (Å²) in [7, 11) is 0. The Balaban J connectivity index is 1.61. The zero-order valence-electron chi connectivity index (χ0n) is 17.7. The van der Waals surface area contributed by atoms with Gasteiger partial charge in [-0.05, 0) is 74.1 Å². The molecule has 1 saturated heterocycles. The van der Waals surface area contributed by atoms with E-state index in [9.17, 15) is 0 Å². The van der Waals surface area contributed by atoms with Crippen LogP contribution in [-0.2, 0) is 0 Å². The molecule has 0 unspecified atom stereocenters. The minimum Gasteiger partial charge on any atom is -0.459 e. The average Bonchev–Trinajstić information content (AvgIpc) is 3.41. The van der Waals surface area contributed by atoms with E-state index in [-0.39, 0.29) is 12.1 Å². The lowest BCUT2D eigenvalue weighted by Crippen LogP contribution is -2.29. The third-order valence-corrected chi connectivity index (χ3v) is 6.59. The molecular formula is C26H22ClN3OS. The maximum atomic E-state index is 6.44. The maximum absolute atomic E-state index is 6.44. The van der Waals surface area contributed by atoms with E-state index in [1.54, 1.807) is 6.20 Å². The van der Waals surface area contributed by atoms with Gasteiger partial charge < -0.3 is 14.6 Å². The minimum absolute atomic E-state index is 0.149. The summed E-state index contributed by atoms with van der Waals surface area (Å²) in [6, 6.07) is 23.8. The fourth-order valence-corrected chi connectivity index (χ4v) is 4.68. The molecule has 1 N–H and O–H groups in total. The van der Waals surface area contributed by atoms with Crippen LogP contribution in [0.2, 0.25) is 5.02 Å². The summed E-state index contributed by atoms with van der Waals surface area (Å²) in [6.45, 7) is 4.08. The van der Waals surface area contributed by atoms with Crippen molar-refractivity contribution in [3.8, 4) is 11.3 Å². The molecule has 3 heterocycles. The zero-order chi connectivity index (χ0) is 22.2. The first-order chi connectivity index (χ1) is 15.5. The van der Waals surface area contributed by atoms with Crippen LogP contribution in [-0.4, -0.2) is 10.1 Å². The van der Waals surface area contributed by atoms with Gasteiger partial charge in [0.15, 0.2) is 5.11 Å². The summed E-state index contributed by atoms with van der Waals surface area (Å²) in [6.07, 6.45) is 1.80. The molecule has 6 heteroatoms. The number of nitrogens with zero attached hydrogens (tertiary/aromatic N) is 2. The van der Waals surface area contributed by atoms with Crippen LogP contribution in [0.5, 0.6) is 0 Å². The SMILES string of the molecule is Cc1ccc(N2C(=S)N[C@@H](c3ccccn3)[C@H]2c2ccc(-c3cccc(Cl)c3C)o2)cc1. The molecule has 2 atom stereocenters. The van der Waals surface area contributed by atoms with Crippen molar-refractivity contribution in [2.75, 3.05) is 4.90 Å². The van der Waals surface area contributed by atoms with Gasteiger partial charge in [-0.25, -0.2) is 0 Å². The summed E-state index contributed by atoms with van der Waals surface area (Å²) in [4.78, 5) is 6.71. The van der Waals surface area contributed by atoms with E-state index in [2.05, 4.69) is 46.4 Å². The first kappa shape index (κ1) is 20.7. The lowest BCUT2D eigenvalue weighted by atomic mass is 10.0. The van der Waals surface area contributed by atoms with E-state index in [1.165, 1.54) is 5.56 Å². The van der Waals surface area contributed by atoms with Gasteiger partial charge in [0.1, 0.15) is 17.6 Å². The van der Waals surface area contributed by atoms with Crippen LogP contribution in [0.4, 0.5) is 5.69 Å². The standard InChI is InChI=1S/C26H22ClN3OS/c1-16-9-11-18(12-10-16)30-25(24(29-26(30)32)21-8-3-4-15-28-21)23-14-13-22(31-23)19-6-5-7-20(27)17(19)2/h3-15,24-25H,1-2H3,(H,29,32)/t24-,25+/m0/s1. The second-order valence-electron chi connectivity index (χ2n) is 7.95. The van der Waals surface area contributed by atoms with Crippen molar-refractivity contribution in [3.05, 3.63) is 107 Å². The Labute approximate surface area is 197 Å². The topological polar surface area (TPSA) is 41.3 Å². The van der Waals surface area contributed by atoms with E-state index in [4.69, 9.17) is 28.2 Å². The van der Waals surface area contributed by atoms with Gasteiger partial charge in [0.25, 0.3) is 0 Å². The first-order valence-corrected chi connectivity index (χ1v) is 11.2. The van der Waals surface area contributed by atoms with E-state index in [1.807, 2.05) is 55.5 Å². The fraction of sp³-hybridized carbons (Fsp3) is 0.154. The number of aryl methyl sites for hydroxylation is 1. The number of nitrogens with one attached hydrogen (secondary N) is 1. The van der Waals surface area contributed by atoms with Crippen LogP contribution in [0.15, 0.2) is 83.4 Å². The van der Waals surface area contributed by atoms with Crippen molar-refractivity contribution < 1.29 is 4.42 Å². The fourth-order valence-electron chi connectivity index (χ4n) is 4.16. The van der Waals surface area contributed by atoms with E-state index < -0.39 is 0 Å². The van der Waals surface area contributed by atoms with Gasteiger partial charge in [-0.2, -0.15) is 0 Å². The number of furan rings is 1. The summed E-state index contributed by atoms with van der Waals surface area (Å²) < 4.78 is 6.44. The minimum atomic E-state index is -0.187. The number of hydrogen-bond acceptors (Lipinski definition) is 3. The Kier molecular flexibility index (Phi) is 5.45. The second-order valence-corrected chi connectivity index (χ2v) is 8.74. The number of rotatable bonds is 4. The Bertz CT molecular complexity index is 1270. The van der Waals surface area contributed by atoms with Crippen molar-refractivity contribution >= 4 is 34.6 Å². The zero-order valence-corrected chi connectivity index (χ0v) is 19.3. The van der Waals surface area contributed by atoms with Gasteiger partial charge in [-0.15, -0.1) is 0 Å². The van der Waals surface area contributed by atoms with Crippen LogP contribution in [0, 0.1) is 13.8 Å². The van der Waals surface area contributed by atoms with Crippen molar-refractivity contribution in [1.82, 2.24) is 10.3 Å². The van der Waals surface area contributed by atoms with Crippen LogP contribution in [0.3, 0.4) is 0 Å². The number of anilines is 1. The quantitative estimate of drug-likeness (QED) is 0.340. The van der Waals surface area contributed by atoms with Crippen LogP contribution in [0.1, 0.15) is 34.7 Å². The first-order valence-electron chi connectivity index (χ1n) is 10.5. The summed E-state index contributed by atoms with van der Waals surface area (Å²) in [5, 5.41) is 4.83. The highest BCUT2D eigenvalue weighted by Gasteiger charge is 2.42. The monoisotopic (exact) mass is 459 g/mol.